The third-order valence-corrected chi connectivity index (χ3v) is 4.05. The van der Waals surface area contributed by atoms with Crippen LogP contribution < -0.4 is 5.32 Å². The number of rotatable bonds is 1. The highest BCUT2D eigenvalue weighted by Crippen LogP contribution is 2.26. The molecule has 1 amide bonds. The monoisotopic (exact) mass is 293 g/mol. The molecule has 0 bridgehead atoms. The fourth-order valence-corrected chi connectivity index (χ4v) is 2.23. The van der Waals surface area contributed by atoms with Crippen LogP contribution in [0, 0.1) is 5.92 Å². The van der Waals surface area contributed by atoms with E-state index < -0.39 is 0 Å². The number of alkyl halides is 1. The highest BCUT2D eigenvalue weighted by atomic mass is 127. The van der Waals surface area contributed by atoms with E-state index in [2.05, 4.69) is 40.9 Å². The second-order valence-electron chi connectivity index (χ2n) is 3.64. The quantitative estimate of drug-likeness (QED) is 0.584. The molecule has 1 rings (SSSR count). The maximum Gasteiger partial charge on any atom is 0.220 e. The van der Waals surface area contributed by atoms with Crippen LogP contribution in [0.15, 0.2) is 11.8 Å². The molecule has 1 N–H and O–H groups in total. The van der Waals surface area contributed by atoms with Crippen LogP contribution in [0.1, 0.15) is 33.1 Å². The molecule has 0 fully saturated rings. The lowest BCUT2D eigenvalue weighted by molar-refractivity contribution is -0.118. The van der Waals surface area contributed by atoms with Crippen molar-refractivity contribution in [3.05, 3.63) is 11.8 Å². The van der Waals surface area contributed by atoms with Gasteiger partial charge in [0.05, 0.1) is 0 Å². The van der Waals surface area contributed by atoms with Gasteiger partial charge in [0.2, 0.25) is 5.91 Å². The summed E-state index contributed by atoms with van der Waals surface area (Å²) >= 11 is 2.49. The number of amides is 1. The van der Waals surface area contributed by atoms with Crippen LogP contribution in [0.25, 0.3) is 0 Å². The first-order valence-electron chi connectivity index (χ1n) is 4.72. The SMILES string of the molecule is CC(=O)NC1=CC(C)C(I)CCC1. The van der Waals surface area contributed by atoms with Gasteiger partial charge in [-0.2, -0.15) is 0 Å². The van der Waals surface area contributed by atoms with Gasteiger partial charge in [-0.15, -0.1) is 0 Å². The topological polar surface area (TPSA) is 29.1 Å². The molecule has 0 aromatic heterocycles. The highest BCUT2D eigenvalue weighted by molar-refractivity contribution is 14.1. The highest BCUT2D eigenvalue weighted by Gasteiger charge is 2.16. The van der Waals surface area contributed by atoms with Crippen LogP contribution in [0.4, 0.5) is 0 Å². The van der Waals surface area contributed by atoms with Crippen molar-refractivity contribution in [2.24, 2.45) is 5.92 Å². The van der Waals surface area contributed by atoms with Crippen molar-refractivity contribution in [2.45, 2.75) is 37.0 Å². The minimum absolute atomic E-state index is 0.0466. The molecule has 0 heterocycles. The summed E-state index contributed by atoms with van der Waals surface area (Å²) in [4.78, 5) is 10.9. The number of carbonyl (C=O) groups is 1. The van der Waals surface area contributed by atoms with E-state index in [0.717, 1.165) is 12.1 Å². The molecule has 0 spiro atoms. The maximum absolute atomic E-state index is 10.9. The third kappa shape index (κ3) is 3.67. The van der Waals surface area contributed by atoms with Gasteiger partial charge in [0.25, 0.3) is 0 Å². The predicted octanol–water partition coefficient (Wildman–Crippen LogP) is 2.63. The molecule has 2 unspecified atom stereocenters. The molecular weight excluding hydrogens is 277 g/mol. The summed E-state index contributed by atoms with van der Waals surface area (Å²) in [6.07, 6.45) is 5.65. The van der Waals surface area contributed by atoms with Crippen LogP contribution in [0.5, 0.6) is 0 Å². The molecule has 0 saturated carbocycles. The smallest absolute Gasteiger partial charge is 0.220 e. The Morgan fingerprint density at radius 3 is 3.00 bits per heavy atom. The molecule has 13 heavy (non-hydrogen) atoms. The van der Waals surface area contributed by atoms with E-state index in [1.165, 1.54) is 12.8 Å². The number of halogens is 1. The largest absolute Gasteiger partial charge is 0.330 e. The summed E-state index contributed by atoms with van der Waals surface area (Å²) in [6, 6.07) is 0. The van der Waals surface area contributed by atoms with E-state index >= 15 is 0 Å². The van der Waals surface area contributed by atoms with Crippen molar-refractivity contribution in [3.63, 3.8) is 0 Å². The van der Waals surface area contributed by atoms with Gasteiger partial charge in [-0.1, -0.05) is 35.6 Å². The number of nitrogens with one attached hydrogen (secondary N) is 1. The van der Waals surface area contributed by atoms with Gasteiger partial charge in [-0.25, -0.2) is 0 Å². The Hall–Kier alpha value is -0.0600. The zero-order valence-corrected chi connectivity index (χ0v) is 10.3. The lowest BCUT2D eigenvalue weighted by atomic mass is 10.1. The van der Waals surface area contributed by atoms with E-state index in [4.69, 9.17) is 0 Å². The molecule has 0 aromatic rings. The first-order valence-corrected chi connectivity index (χ1v) is 5.96. The number of carbonyl (C=O) groups excluding carboxylic acids is 1. The number of hydrogen-bond acceptors (Lipinski definition) is 1. The van der Waals surface area contributed by atoms with Crippen molar-refractivity contribution >= 4 is 28.5 Å². The average molecular weight is 293 g/mol. The molecular formula is C10H16INO. The summed E-state index contributed by atoms with van der Waals surface area (Å²) in [5, 5.41) is 2.89. The molecule has 3 heteroatoms. The van der Waals surface area contributed by atoms with Gasteiger partial charge in [-0.3, -0.25) is 4.79 Å². The van der Waals surface area contributed by atoms with Gasteiger partial charge >= 0.3 is 0 Å². The number of hydrogen-bond donors (Lipinski definition) is 1. The van der Waals surface area contributed by atoms with Crippen molar-refractivity contribution < 1.29 is 4.79 Å². The minimum Gasteiger partial charge on any atom is -0.330 e. The second kappa shape index (κ2) is 4.98. The Labute approximate surface area is 93.3 Å². The molecule has 0 aromatic carbocycles. The Balaban J connectivity index is 2.62. The third-order valence-electron chi connectivity index (χ3n) is 2.30. The molecule has 2 nitrogen and oxygen atoms in total. The standard InChI is InChI=1S/C10H16INO/c1-7-6-9(12-8(2)13)4-3-5-10(7)11/h6-7,10H,3-5H2,1-2H3,(H,12,13). The first-order chi connectivity index (χ1) is 6.09. The summed E-state index contributed by atoms with van der Waals surface area (Å²) in [6.45, 7) is 3.78. The van der Waals surface area contributed by atoms with Gasteiger partial charge < -0.3 is 5.32 Å². The van der Waals surface area contributed by atoms with Gasteiger partial charge in [0.15, 0.2) is 0 Å². The molecule has 74 valence electrons. The maximum atomic E-state index is 10.9. The molecule has 1 aliphatic rings. The zero-order chi connectivity index (χ0) is 9.84. The molecule has 2 atom stereocenters. The molecule has 1 aliphatic carbocycles. The van der Waals surface area contributed by atoms with Gasteiger partial charge in [0, 0.05) is 16.5 Å². The van der Waals surface area contributed by atoms with Crippen LogP contribution in [-0.4, -0.2) is 9.83 Å². The van der Waals surface area contributed by atoms with Gasteiger partial charge in [0.1, 0.15) is 0 Å². The van der Waals surface area contributed by atoms with Crippen LogP contribution in [-0.2, 0) is 4.79 Å². The summed E-state index contributed by atoms with van der Waals surface area (Å²) in [5.41, 5.74) is 1.11. The second-order valence-corrected chi connectivity index (χ2v) is 5.24. The van der Waals surface area contributed by atoms with Crippen molar-refractivity contribution in [3.8, 4) is 0 Å². The summed E-state index contributed by atoms with van der Waals surface area (Å²) in [7, 11) is 0. The predicted molar refractivity (Wildman–Crippen MR) is 62.7 cm³/mol. The van der Waals surface area contributed by atoms with E-state index in [9.17, 15) is 4.79 Å². The molecule has 0 radical (unpaired) electrons. The van der Waals surface area contributed by atoms with Crippen molar-refractivity contribution in [2.75, 3.05) is 0 Å². The Kier molecular flexibility index (Phi) is 4.22. The van der Waals surface area contributed by atoms with Gasteiger partial charge in [-0.05, 0) is 25.2 Å². The normalized spacial score (nSPS) is 29.0. The van der Waals surface area contributed by atoms with E-state index in [0.29, 0.717) is 9.84 Å². The fraction of sp³-hybridized carbons (Fsp3) is 0.700. The fourth-order valence-electron chi connectivity index (χ4n) is 1.59. The molecule has 0 saturated heterocycles. The Morgan fingerprint density at radius 1 is 1.69 bits per heavy atom. The van der Waals surface area contributed by atoms with Crippen LogP contribution in [0.2, 0.25) is 0 Å². The lowest BCUT2D eigenvalue weighted by Crippen LogP contribution is -2.19. The Bertz CT molecular complexity index is 225. The Morgan fingerprint density at radius 2 is 2.38 bits per heavy atom. The van der Waals surface area contributed by atoms with E-state index in [1.807, 2.05) is 0 Å². The molecule has 0 aliphatic heterocycles. The van der Waals surface area contributed by atoms with Crippen LogP contribution >= 0.6 is 22.6 Å². The minimum atomic E-state index is 0.0466. The van der Waals surface area contributed by atoms with E-state index in [1.54, 1.807) is 6.92 Å². The average Bonchev–Trinajstić information content (AvgIpc) is 2.14. The van der Waals surface area contributed by atoms with E-state index in [-0.39, 0.29) is 5.91 Å². The first kappa shape index (κ1) is 11.0. The zero-order valence-electron chi connectivity index (χ0n) is 8.14. The van der Waals surface area contributed by atoms with Crippen molar-refractivity contribution in [1.82, 2.24) is 5.32 Å². The summed E-state index contributed by atoms with van der Waals surface area (Å²) in [5.74, 6) is 0.621. The van der Waals surface area contributed by atoms with Crippen LogP contribution in [0.3, 0.4) is 0 Å². The number of allylic oxidation sites excluding steroid dienone is 2. The lowest BCUT2D eigenvalue weighted by Gasteiger charge is -2.11. The summed E-state index contributed by atoms with van der Waals surface area (Å²) < 4.78 is 0.712. The van der Waals surface area contributed by atoms with Crippen molar-refractivity contribution in [1.29, 1.82) is 0 Å².